The molecule has 62 heavy (non-hydrogen) atoms. The maximum atomic E-state index is 2.53. The first-order valence-electron chi connectivity index (χ1n) is 21.6. The molecular weight excluding hydrogens is 753 g/mol. The number of fused-ring (bicyclic) bond motifs is 12. The minimum Gasteiger partial charge on any atom is -0.310 e. The third-order valence-electron chi connectivity index (χ3n) is 13.4. The lowest BCUT2D eigenvalue weighted by molar-refractivity contribution is 1.28. The van der Waals surface area contributed by atoms with Crippen molar-refractivity contribution < 1.29 is 0 Å². The molecule has 0 N–H and O–H groups in total. The van der Waals surface area contributed by atoms with Crippen LogP contribution in [0.5, 0.6) is 0 Å². The van der Waals surface area contributed by atoms with Crippen LogP contribution in [0.25, 0.3) is 76.2 Å². The molecule has 0 radical (unpaired) electrons. The zero-order valence-corrected chi connectivity index (χ0v) is 35.1. The predicted octanol–water partition coefficient (Wildman–Crippen LogP) is 16.2. The smallest absolute Gasteiger partial charge is 0.0621 e. The molecule has 13 aromatic rings. The van der Waals surface area contributed by atoms with Crippen molar-refractivity contribution in [3.05, 3.63) is 204 Å². The van der Waals surface area contributed by atoms with Gasteiger partial charge in [-0.25, -0.2) is 0 Å². The molecule has 0 aliphatic rings. The highest BCUT2D eigenvalue weighted by molar-refractivity contribution is 6.31. The Morgan fingerprint density at radius 1 is 0.290 bits per heavy atom. The number of para-hydroxylation sites is 2. The molecule has 0 spiro atoms. The molecule has 0 amide bonds. The largest absolute Gasteiger partial charge is 0.310 e. The lowest BCUT2D eigenvalue weighted by Crippen LogP contribution is -2.10. The first-order valence-corrected chi connectivity index (χ1v) is 21.6. The predicted molar refractivity (Wildman–Crippen MR) is 264 cm³/mol. The molecule has 0 saturated heterocycles. The summed E-state index contributed by atoms with van der Waals surface area (Å²) in [6.45, 7) is 8.61. The lowest BCUT2D eigenvalue weighted by atomic mass is 10.0. The molecule has 0 atom stereocenters. The average Bonchev–Trinajstić information content (AvgIpc) is 4.03. The monoisotopic (exact) mass is 794 g/mol. The maximum absolute atomic E-state index is 2.53. The molecule has 13 rings (SSSR count). The molecule has 0 saturated carbocycles. The summed E-state index contributed by atoms with van der Waals surface area (Å²) in [6, 6.07) is 68.0. The maximum Gasteiger partial charge on any atom is 0.0621 e. The average molecular weight is 795 g/mol. The Labute approximate surface area is 359 Å². The summed E-state index contributed by atoms with van der Waals surface area (Å²) >= 11 is 0. The Bertz CT molecular complexity index is 3520. The molecular formula is C58H42N4. The highest BCUT2D eigenvalue weighted by atomic mass is 15.2. The summed E-state index contributed by atoms with van der Waals surface area (Å²) in [5, 5.41) is 10.1. The minimum atomic E-state index is 1.14. The van der Waals surface area contributed by atoms with Crippen LogP contribution in [-0.4, -0.2) is 8.80 Å². The molecule has 0 aliphatic heterocycles. The van der Waals surface area contributed by atoms with Gasteiger partial charge in [-0.2, -0.15) is 0 Å². The van der Waals surface area contributed by atoms with Crippen molar-refractivity contribution in [3.63, 3.8) is 0 Å². The molecule has 294 valence electrons. The van der Waals surface area contributed by atoms with E-state index in [4.69, 9.17) is 0 Å². The topological polar surface area (TPSA) is 15.3 Å². The number of aryl methyl sites for hydroxylation is 4. The number of anilines is 6. The Morgan fingerprint density at radius 2 is 0.597 bits per heavy atom. The van der Waals surface area contributed by atoms with Crippen molar-refractivity contribution in [2.45, 2.75) is 27.7 Å². The van der Waals surface area contributed by atoms with E-state index in [-0.39, 0.29) is 0 Å². The Morgan fingerprint density at radius 3 is 0.935 bits per heavy atom. The highest BCUT2D eigenvalue weighted by Crippen LogP contribution is 2.50. The van der Waals surface area contributed by atoms with E-state index in [9.17, 15) is 0 Å². The second-order valence-corrected chi connectivity index (χ2v) is 17.3. The van der Waals surface area contributed by atoms with Crippen LogP contribution in [0.15, 0.2) is 182 Å². The van der Waals surface area contributed by atoms with Crippen molar-refractivity contribution in [2.24, 2.45) is 0 Å². The summed E-state index contributed by atoms with van der Waals surface area (Å²) in [4.78, 5) is 4.85. The number of benzene rings is 9. The van der Waals surface area contributed by atoms with E-state index >= 15 is 0 Å². The normalized spacial score (nSPS) is 12.2. The third kappa shape index (κ3) is 4.83. The van der Waals surface area contributed by atoms with Gasteiger partial charge in [-0.15, -0.1) is 0 Å². The lowest BCUT2D eigenvalue weighted by Gasteiger charge is -2.26. The van der Waals surface area contributed by atoms with E-state index in [2.05, 4.69) is 228 Å². The second-order valence-electron chi connectivity index (χ2n) is 17.3. The van der Waals surface area contributed by atoms with Crippen LogP contribution < -0.4 is 9.80 Å². The summed E-state index contributed by atoms with van der Waals surface area (Å²) in [7, 11) is 0. The van der Waals surface area contributed by atoms with E-state index < -0.39 is 0 Å². The quantitative estimate of drug-likeness (QED) is 0.167. The van der Waals surface area contributed by atoms with Crippen LogP contribution in [0, 0.1) is 27.7 Å². The van der Waals surface area contributed by atoms with Gasteiger partial charge in [0.15, 0.2) is 0 Å². The summed E-state index contributed by atoms with van der Waals surface area (Å²) in [6.07, 6.45) is 0. The van der Waals surface area contributed by atoms with Gasteiger partial charge < -0.3 is 18.6 Å². The first-order chi connectivity index (χ1) is 30.4. The molecule has 0 aliphatic carbocycles. The van der Waals surface area contributed by atoms with Crippen molar-refractivity contribution in [1.29, 1.82) is 0 Å². The van der Waals surface area contributed by atoms with Gasteiger partial charge in [-0.1, -0.05) is 119 Å². The molecule has 4 aromatic heterocycles. The second kappa shape index (κ2) is 12.8. The molecule has 4 nitrogen and oxygen atoms in total. The fourth-order valence-electron chi connectivity index (χ4n) is 10.5. The van der Waals surface area contributed by atoms with Crippen LogP contribution in [0.1, 0.15) is 22.3 Å². The van der Waals surface area contributed by atoms with Crippen LogP contribution in [-0.2, 0) is 0 Å². The van der Waals surface area contributed by atoms with Crippen LogP contribution in [0.2, 0.25) is 0 Å². The molecule has 4 heteroatoms. The molecule has 9 aromatic carbocycles. The van der Waals surface area contributed by atoms with E-state index in [0.29, 0.717) is 0 Å². The van der Waals surface area contributed by atoms with Crippen LogP contribution in [0.3, 0.4) is 0 Å². The van der Waals surface area contributed by atoms with Crippen LogP contribution >= 0.6 is 0 Å². The van der Waals surface area contributed by atoms with Crippen LogP contribution in [0.4, 0.5) is 34.1 Å². The van der Waals surface area contributed by atoms with Gasteiger partial charge in [-0.05, 0) is 113 Å². The Hall–Kier alpha value is -7.82. The number of aromatic nitrogens is 2. The third-order valence-corrected chi connectivity index (χ3v) is 13.4. The van der Waals surface area contributed by atoms with Crippen molar-refractivity contribution >= 4 is 110 Å². The number of hydrogen-bond acceptors (Lipinski definition) is 2. The van der Waals surface area contributed by atoms with E-state index in [1.54, 1.807) is 0 Å². The van der Waals surface area contributed by atoms with Crippen molar-refractivity contribution in [1.82, 2.24) is 8.80 Å². The zero-order chi connectivity index (χ0) is 41.4. The van der Waals surface area contributed by atoms with Gasteiger partial charge in [0, 0.05) is 65.8 Å². The fraction of sp³-hybridized carbons (Fsp3) is 0.0690. The first kappa shape index (κ1) is 35.0. The number of rotatable bonds is 6. The van der Waals surface area contributed by atoms with E-state index in [1.807, 2.05) is 0 Å². The minimum absolute atomic E-state index is 1.14. The summed E-state index contributed by atoms with van der Waals surface area (Å²) in [5.41, 5.74) is 19.4. The van der Waals surface area contributed by atoms with Gasteiger partial charge in [0.1, 0.15) is 0 Å². The number of hydrogen-bond donors (Lipinski definition) is 0. The van der Waals surface area contributed by atoms with Gasteiger partial charge in [-0.3, -0.25) is 0 Å². The SMILES string of the molecule is Cc1ccc(N(c2ccc(C)cc2)c2cccc3c2c2cccc4c5cc6c(cc5n3c42)c2cccc3c4c(N(c5ccc(C)cc5)c5ccc(C)cc5)cccc4n6c23)cc1. The van der Waals surface area contributed by atoms with Gasteiger partial charge in [0.2, 0.25) is 0 Å². The zero-order valence-electron chi connectivity index (χ0n) is 35.1. The Balaban J connectivity index is 1.08. The Kier molecular flexibility index (Phi) is 7.25. The fourth-order valence-corrected chi connectivity index (χ4v) is 10.5. The van der Waals surface area contributed by atoms with Gasteiger partial charge in [0.05, 0.1) is 44.5 Å². The van der Waals surface area contributed by atoms with Gasteiger partial charge >= 0.3 is 0 Å². The molecule has 0 unspecified atom stereocenters. The van der Waals surface area contributed by atoms with Crippen molar-refractivity contribution in [3.8, 4) is 0 Å². The summed E-state index contributed by atoms with van der Waals surface area (Å²) < 4.78 is 5.07. The summed E-state index contributed by atoms with van der Waals surface area (Å²) in [5.74, 6) is 0. The van der Waals surface area contributed by atoms with Gasteiger partial charge in [0.25, 0.3) is 0 Å². The number of nitrogens with zero attached hydrogens (tertiary/aromatic N) is 4. The molecule has 4 heterocycles. The highest BCUT2D eigenvalue weighted by Gasteiger charge is 2.26. The molecule has 0 fully saturated rings. The molecule has 0 bridgehead atoms. The standard InChI is InChI=1S/C58H42N4/c1-35-17-25-39(26-18-35)59(40-27-19-36(2)20-28-40)49-13-7-15-51-55(49)45-11-5-9-43-47-34-54-48(33-53(47)61(51)57(43)45)44-10-6-12-46-56-50(14-8-16-52(56)62(54)58(44)46)60(41-29-21-37(3)22-30-41)42-31-23-38(4)24-32-42/h5-34H,1-4H3. The van der Waals surface area contributed by atoms with E-state index in [0.717, 1.165) is 22.7 Å². The van der Waals surface area contributed by atoms with E-state index in [1.165, 1.54) is 110 Å². The van der Waals surface area contributed by atoms with Crippen molar-refractivity contribution in [2.75, 3.05) is 9.80 Å².